The first-order valence-corrected chi connectivity index (χ1v) is 2.47. The molecule has 0 saturated heterocycles. The third-order valence-electron chi connectivity index (χ3n) is 0.999. The summed E-state index contributed by atoms with van der Waals surface area (Å²) in [5.74, 6) is -0.334. The van der Waals surface area contributed by atoms with E-state index in [0.29, 0.717) is 5.56 Å². The zero-order valence-electron chi connectivity index (χ0n) is 4.70. The van der Waals surface area contributed by atoms with Gasteiger partial charge in [-0.2, -0.15) is 0 Å². The predicted molar refractivity (Wildman–Crippen MR) is 33.2 cm³/mol. The van der Waals surface area contributed by atoms with Gasteiger partial charge in [0.05, 0.1) is 0 Å². The molecule has 2 N–H and O–H groups in total. The molecule has 1 aromatic carbocycles. The van der Waals surface area contributed by atoms with E-state index in [9.17, 15) is 0 Å². The summed E-state index contributed by atoms with van der Waals surface area (Å²) in [6.07, 6.45) is 0. The third-order valence-corrected chi connectivity index (χ3v) is 0.999. The first-order valence-electron chi connectivity index (χ1n) is 2.47. The van der Waals surface area contributed by atoms with E-state index in [4.69, 9.17) is 17.1 Å². The average Bonchev–Trinajstić information content (AvgIpc) is 1.80. The summed E-state index contributed by atoms with van der Waals surface area (Å²) >= 11 is 0. The highest BCUT2D eigenvalue weighted by atomic mass is 16.3. The Balaban J connectivity index is 3.17. The van der Waals surface area contributed by atoms with Crippen molar-refractivity contribution in [2.75, 3.05) is 0 Å². The highest BCUT2D eigenvalue weighted by Crippen LogP contribution is 2.23. The number of rotatable bonds is 0. The molecule has 0 saturated carbocycles. The number of hydrogen-bond acceptors (Lipinski definition) is 2. The van der Waals surface area contributed by atoms with Crippen molar-refractivity contribution < 1.29 is 10.2 Å². The fourth-order valence-corrected chi connectivity index (χ4v) is 0.540. The van der Waals surface area contributed by atoms with E-state index < -0.39 is 0 Å². The van der Waals surface area contributed by atoms with Crippen molar-refractivity contribution in [2.24, 2.45) is 0 Å². The van der Waals surface area contributed by atoms with Gasteiger partial charge in [-0.1, -0.05) is 6.07 Å². The minimum absolute atomic E-state index is 0.149. The van der Waals surface area contributed by atoms with Crippen molar-refractivity contribution in [2.45, 2.75) is 0 Å². The first-order chi connectivity index (χ1) is 4.20. The summed E-state index contributed by atoms with van der Waals surface area (Å²) in [6, 6.07) is 4.13. The van der Waals surface area contributed by atoms with E-state index in [1.807, 2.05) is 0 Å². The topological polar surface area (TPSA) is 40.5 Å². The van der Waals surface area contributed by atoms with Gasteiger partial charge >= 0.3 is 0 Å². The number of phenolic OH excluding ortho intramolecular Hbond substituents is 2. The second-order valence-corrected chi connectivity index (χ2v) is 1.75. The molecular formula is C7H6O2. The lowest BCUT2D eigenvalue weighted by molar-refractivity contribution is 0.403. The number of phenols is 2. The van der Waals surface area contributed by atoms with Gasteiger partial charge in [-0.25, -0.2) is 0 Å². The zero-order chi connectivity index (χ0) is 6.85. The summed E-state index contributed by atoms with van der Waals surface area (Å²) in [4.78, 5) is 0. The maximum absolute atomic E-state index is 8.77. The van der Waals surface area contributed by atoms with Gasteiger partial charge in [0.15, 0.2) is 11.5 Å². The SMILES string of the molecule is [CH]c1ccc(O)c(O)c1. The second kappa shape index (κ2) is 1.97. The Morgan fingerprint density at radius 3 is 2.22 bits per heavy atom. The van der Waals surface area contributed by atoms with Crippen LogP contribution in [0, 0.1) is 6.92 Å². The summed E-state index contributed by atoms with van der Waals surface area (Å²) in [5.41, 5.74) is 0.435. The van der Waals surface area contributed by atoms with E-state index in [0.717, 1.165) is 0 Å². The quantitative estimate of drug-likeness (QED) is 0.507. The molecule has 2 nitrogen and oxygen atoms in total. The van der Waals surface area contributed by atoms with E-state index in [1.54, 1.807) is 0 Å². The molecule has 1 aromatic rings. The van der Waals surface area contributed by atoms with Crippen molar-refractivity contribution in [3.05, 3.63) is 30.7 Å². The summed E-state index contributed by atoms with van der Waals surface area (Å²) in [6.45, 7) is 5.26. The Kier molecular flexibility index (Phi) is 1.30. The van der Waals surface area contributed by atoms with Crippen LogP contribution in [0.2, 0.25) is 0 Å². The van der Waals surface area contributed by atoms with Crippen LogP contribution in [-0.4, -0.2) is 10.2 Å². The van der Waals surface area contributed by atoms with Crippen molar-refractivity contribution in [3.63, 3.8) is 0 Å². The van der Waals surface area contributed by atoms with Crippen molar-refractivity contribution in [1.82, 2.24) is 0 Å². The Morgan fingerprint density at radius 2 is 1.78 bits per heavy atom. The van der Waals surface area contributed by atoms with Gasteiger partial charge in [-0.3, -0.25) is 0 Å². The van der Waals surface area contributed by atoms with E-state index in [2.05, 4.69) is 0 Å². The first kappa shape index (κ1) is 5.95. The Hall–Kier alpha value is -1.18. The Labute approximate surface area is 53.4 Å². The molecule has 0 aromatic heterocycles. The standard InChI is InChI=1S/C7H6O2/c1-5-2-3-6(8)7(9)4-5/h1-4,8-9H. The maximum Gasteiger partial charge on any atom is 0.157 e. The molecule has 0 heterocycles. The van der Waals surface area contributed by atoms with Crippen molar-refractivity contribution in [1.29, 1.82) is 0 Å². The molecule has 9 heavy (non-hydrogen) atoms. The molecule has 0 amide bonds. The molecule has 0 atom stereocenters. The Morgan fingerprint density at radius 1 is 1.11 bits per heavy atom. The lowest BCUT2D eigenvalue weighted by Crippen LogP contribution is -1.70. The van der Waals surface area contributed by atoms with E-state index >= 15 is 0 Å². The monoisotopic (exact) mass is 122 g/mol. The van der Waals surface area contributed by atoms with Crippen LogP contribution in [0.25, 0.3) is 0 Å². The van der Waals surface area contributed by atoms with Crippen LogP contribution >= 0.6 is 0 Å². The molecule has 46 valence electrons. The Bertz CT molecular complexity index is 218. The van der Waals surface area contributed by atoms with Crippen molar-refractivity contribution in [3.8, 4) is 11.5 Å². The second-order valence-electron chi connectivity index (χ2n) is 1.75. The third kappa shape index (κ3) is 1.13. The highest BCUT2D eigenvalue weighted by Gasteiger charge is 1.94. The lowest BCUT2D eigenvalue weighted by atomic mass is 10.2. The molecule has 0 unspecified atom stereocenters. The van der Waals surface area contributed by atoms with Gasteiger partial charge < -0.3 is 10.2 Å². The van der Waals surface area contributed by atoms with Gasteiger partial charge in [0.25, 0.3) is 0 Å². The van der Waals surface area contributed by atoms with Gasteiger partial charge in [-0.15, -0.1) is 0 Å². The maximum atomic E-state index is 8.77. The molecule has 2 radical (unpaired) electrons. The number of hydrogen-bond donors (Lipinski definition) is 2. The minimum Gasteiger partial charge on any atom is -0.504 e. The molecule has 0 fully saturated rings. The van der Waals surface area contributed by atoms with Crippen LogP contribution in [-0.2, 0) is 0 Å². The van der Waals surface area contributed by atoms with Gasteiger partial charge in [0, 0.05) is 0 Å². The molecule has 0 bridgehead atoms. The molecule has 1 rings (SSSR count). The highest BCUT2D eigenvalue weighted by molar-refractivity contribution is 5.41. The molecule has 0 aliphatic heterocycles. The molecule has 0 aliphatic rings. The van der Waals surface area contributed by atoms with Gasteiger partial charge in [0.1, 0.15) is 0 Å². The zero-order valence-corrected chi connectivity index (χ0v) is 4.70. The molecular weight excluding hydrogens is 116 g/mol. The van der Waals surface area contributed by atoms with Crippen LogP contribution < -0.4 is 0 Å². The lowest BCUT2D eigenvalue weighted by Gasteiger charge is -1.95. The number of benzene rings is 1. The fraction of sp³-hybridized carbons (Fsp3) is 0. The average molecular weight is 122 g/mol. The van der Waals surface area contributed by atoms with Crippen LogP contribution in [0.5, 0.6) is 11.5 Å². The summed E-state index contributed by atoms with van der Waals surface area (Å²) in [5, 5.41) is 17.5. The van der Waals surface area contributed by atoms with Gasteiger partial charge in [-0.05, 0) is 24.6 Å². The smallest absolute Gasteiger partial charge is 0.157 e. The summed E-state index contributed by atoms with van der Waals surface area (Å²) in [7, 11) is 0. The van der Waals surface area contributed by atoms with Crippen LogP contribution in [0.15, 0.2) is 18.2 Å². The van der Waals surface area contributed by atoms with Crippen molar-refractivity contribution >= 4 is 0 Å². The van der Waals surface area contributed by atoms with Crippen LogP contribution in [0.1, 0.15) is 5.56 Å². The molecule has 0 spiro atoms. The van der Waals surface area contributed by atoms with Crippen LogP contribution in [0.3, 0.4) is 0 Å². The predicted octanol–water partition coefficient (Wildman–Crippen LogP) is 1.16. The largest absolute Gasteiger partial charge is 0.504 e. The fourth-order valence-electron chi connectivity index (χ4n) is 0.540. The van der Waals surface area contributed by atoms with E-state index in [-0.39, 0.29) is 11.5 Å². The van der Waals surface area contributed by atoms with Gasteiger partial charge in [0.2, 0.25) is 0 Å². The van der Waals surface area contributed by atoms with Crippen LogP contribution in [0.4, 0.5) is 0 Å². The normalized spacial score (nSPS) is 9.44. The summed E-state index contributed by atoms with van der Waals surface area (Å²) < 4.78 is 0. The molecule has 0 aliphatic carbocycles. The van der Waals surface area contributed by atoms with E-state index in [1.165, 1.54) is 18.2 Å². The molecule has 2 heteroatoms. The number of aromatic hydroxyl groups is 2. The minimum atomic E-state index is -0.185.